The lowest BCUT2D eigenvalue weighted by atomic mass is 9.82. The van der Waals surface area contributed by atoms with Crippen LogP contribution in [0.5, 0.6) is 0 Å². The molecule has 0 aliphatic heterocycles. The van der Waals surface area contributed by atoms with Crippen LogP contribution in [0.1, 0.15) is 29.2 Å². The Morgan fingerprint density at radius 2 is 1.57 bits per heavy atom. The van der Waals surface area contributed by atoms with Gasteiger partial charge in [-0.15, -0.1) is 0 Å². The zero-order chi connectivity index (χ0) is 15.9. The molecule has 2 N–H and O–H groups in total. The monoisotopic (exact) mass is 329 g/mol. The number of halogens is 4. The molecule has 0 aliphatic rings. The molecule has 2 rings (SSSR count). The molecule has 0 radical (unpaired) electrons. The van der Waals surface area contributed by atoms with Crippen molar-refractivity contribution in [3.05, 3.63) is 68.2 Å². The van der Waals surface area contributed by atoms with Gasteiger partial charge in [0.1, 0.15) is 11.6 Å². The third-order valence-corrected chi connectivity index (χ3v) is 4.12. The predicted octanol–water partition coefficient (Wildman–Crippen LogP) is 5.11. The van der Waals surface area contributed by atoms with Crippen molar-refractivity contribution in [1.82, 2.24) is 0 Å². The third kappa shape index (κ3) is 2.91. The summed E-state index contributed by atoms with van der Waals surface area (Å²) < 4.78 is 28.1. The molecule has 21 heavy (non-hydrogen) atoms. The molecule has 112 valence electrons. The van der Waals surface area contributed by atoms with E-state index < -0.39 is 17.2 Å². The van der Waals surface area contributed by atoms with Crippen molar-refractivity contribution in [2.45, 2.75) is 26.3 Å². The van der Waals surface area contributed by atoms with Crippen molar-refractivity contribution in [1.29, 1.82) is 0 Å². The smallest absolute Gasteiger partial charge is 0.142 e. The van der Waals surface area contributed by atoms with Crippen LogP contribution in [0.15, 0.2) is 24.3 Å². The Morgan fingerprint density at radius 3 is 2.14 bits per heavy atom. The van der Waals surface area contributed by atoms with Crippen molar-refractivity contribution in [3.63, 3.8) is 0 Å². The van der Waals surface area contributed by atoms with Gasteiger partial charge in [0.05, 0.1) is 10.6 Å². The third-order valence-electron chi connectivity index (χ3n) is 3.52. The second-order valence-electron chi connectivity index (χ2n) is 5.39. The van der Waals surface area contributed by atoms with Gasteiger partial charge < -0.3 is 5.73 Å². The fourth-order valence-corrected chi connectivity index (χ4v) is 3.21. The summed E-state index contributed by atoms with van der Waals surface area (Å²) in [6.45, 7) is 5.15. The van der Waals surface area contributed by atoms with Crippen molar-refractivity contribution in [2.24, 2.45) is 5.73 Å². The summed E-state index contributed by atoms with van der Waals surface area (Å²) in [5.41, 5.74) is 7.07. The van der Waals surface area contributed by atoms with Crippen LogP contribution in [-0.2, 0) is 5.54 Å². The first-order valence-electron chi connectivity index (χ1n) is 6.35. The summed E-state index contributed by atoms with van der Waals surface area (Å²) in [5, 5.41) is 0.103. The molecule has 0 heterocycles. The molecule has 0 spiro atoms. The van der Waals surface area contributed by atoms with E-state index in [-0.39, 0.29) is 21.2 Å². The highest BCUT2D eigenvalue weighted by atomic mass is 35.5. The van der Waals surface area contributed by atoms with Crippen LogP contribution < -0.4 is 5.73 Å². The molecule has 0 aliphatic carbocycles. The molecule has 0 saturated heterocycles. The Labute approximate surface area is 132 Å². The molecule has 1 atom stereocenters. The molecule has 0 aromatic heterocycles. The summed E-state index contributed by atoms with van der Waals surface area (Å²) in [6, 6.07) is 5.65. The van der Waals surface area contributed by atoms with E-state index in [2.05, 4.69) is 0 Å². The summed E-state index contributed by atoms with van der Waals surface area (Å²) in [5.74, 6) is -1.08. The summed E-state index contributed by atoms with van der Waals surface area (Å²) in [4.78, 5) is 0. The van der Waals surface area contributed by atoms with Crippen molar-refractivity contribution < 1.29 is 8.78 Å². The predicted molar refractivity (Wildman–Crippen MR) is 82.9 cm³/mol. The van der Waals surface area contributed by atoms with Crippen molar-refractivity contribution >= 4 is 23.2 Å². The number of benzene rings is 2. The first-order chi connectivity index (χ1) is 9.64. The molecule has 2 aromatic rings. The van der Waals surface area contributed by atoms with E-state index in [0.29, 0.717) is 5.56 Å². The SMILES string of the molecule is Cc1cc(C)c(C(C)(N)c2cc(F)c(Cl)cc2Cl)c(F)c1. The normalized spacial score (nSPS) is 14.1. The molecule has 0 bridgehead atoms. The first-order valence-corrected chi connectivity index (χ1v) is 7.11. The maximum atomic E-state index is 14.4. The lowest BCUT2D eigenvalue weighted by Gasteiger charge is -2.29. The Bertz CT molecular complexity index is 689. The van der Waals surface area contributed by atoms with Crippen LogP contribution in [-0.4, -0.2) is 0 Å². The van der Waals surface area contributed by atoms with Gasteiger partial charge in [0.25, 0.3) is 0 Å². The number of rotatable bonds is 2. The molecule has 0 fully saturated rings. The molecular weight excluding hydrogens is 315 g/mol. The maximum Gasteiger partial charge on any atom is 0.142 e. The van der Waals surface area contributed by atoms with E-state index in [1.54, 1.807) is 20.8 Å². The molecule has 0 amide bonds. The molecule has 1 unspecified atom stereocenters. The zero-order valence-corrected chi connectivity index (χ0v) is 13.4. The summed E-state index contributed by atoms with van der Waals surface area (Å²) >= 11 is 11.8. The Morgan fingerprint density at radius 1 is 0.952 bits per heavy atom. The van der Waals surface area contributed by atoms with Gasteiger partial charge in [-0.1, -0.05) is 29.3 Å². The van der Waals surface area contributed by atoms with E-state index >= 15 is 0 Å². The van der Waals surface area contributed by atoms with Crippen LogP contribution in [0.4, 0.5) is 8.78 Å². The van der Waals surface area contributed by atoms with E-state index in [1.165, 1.54) is 12.1 Å². The van der Waals surface area contributed by atoms with E-state index in [1.807, 2.05) is 6.07 Å². The summed E-state index contributed by atoms with van der Waals surface area (Å²) in [6.07, 6.45) is 0. The zero-order valence-electron chi connectivity index (χ0n) is 11.9. The highest BCUT2D eigenvalue weighted by Crippen LogP contribution is 2.37. The fraction of sp³-hybridized carbons (Fsp3) is 0.250. The lowest BCUT2D eigenvalue weighted by Crippen LogP contribution is -2.36. The standard InChI is InChI=1S/C16H15Cl2F2N/c1-8-4-9(2)15(14(20)5-8)16(3,21)10-6-13(19)12(18)7-11(10)17/h4-7H,21H2,1-3H3. The minimum Gasteiger partial charge on any atom is -0.318 e. The van der Waals surface area contributed by atoms with Crippen LogP contribution in [0.2, 0.25) is 10.0 Å². The van der Waals surface area contributed by atoms with E-state index in [9.17, 15) is 8.78 Å². The highest BCUT2D eigenvalue weighted by Gasteiger charge is 2.31. The Balaban J connectivity index is 2.71. The minimum absolute atomic E-state index is 0.0966. The average molecular weight is 330 g/mol. The van der Waals surface area contributed by atoms with Crippen LogP contribution in [0.3, 0.4) is 0 Å². The maximum absolute atomic E-state index is 14.4. The van der Waals surface area contributed by atoms with Gasteiger partial charge in [0.15, 0.2) is 0 Å². The van der Waals surface area contributed by atoms with Gasteiger partial charge in [-0.2, -0.15) is 0 Å². The molecule has 5 heteroatoms. The number of hydrogen-bond acceptors (Lipinski definition) is 1. The number of hydrogen-bond donors (Lipinski definition) is 1. The largest absolute Gasteiger partial charge is 0.318 e. The lowest BCUT2D eigenvalue weighted by molar-refractivity contribution is 0.522. The van der Waals surface area contributed by atoms with Gasteiger partial charge in [-0.05, 0) is 55.7 Å². The highest BCUT2D eigenvalue weighted by molar-refractivity contribution is 6.35. The first kappa shape index (κ1) is 16.2. The van der Waals surface area contributed by atoms with Gasteiger partial charge in [0.2, 0.25) is 0 Å². The van der Waals surface area contributed by atoms with Crippen molar-refractivity contribution in [2.75, 3.05) is 0 Å². The Hall–Kier alpha value is -1.16. The molecule has 2 aromatic carbocycles. The minimum atomic E-state index is -1.27. The van der Waals surface area contributed by atoms with Gasteiger partial charge in [-0.25, -0.2) is 8.78 Å². The van der Waals surface area contributed by atoms with Gasteiger partial charge in [0, 0.05) is 10.6 Å². The number of aryl methyl sites for hydroxylation is 2. The van der Waals surface area contributed by atoms with Crippen LogP contribution in [0.25, 0.3) is 0 Å². The fourth-order valence-electron chi connectivity index (χ4n) is 2.63. The van der Waals surface area contributed by atoms with Crippen LogP contribution in [0, 0.1) is 25.5 Å². The van der Waals surface area contributed by atoms with E-state index in [0.717, 1.165) is 11.6 Å². The average Bonchev–Trinajstić information content (AvgIpc) is 2.31. The topological polar surface area (TPSA) is 26.0 Å². The van der Waals surface area contributed by atoms with Gasteiger partial charge in [-0.3, -0.25) is 0 Å². The van der Waals surface area contributed by atoms with Crippen molar-refractivity contribution in [3.8, 4) is 0 Å². The molecular formula is C16H15Cl2F2N. The van der Waals surface area contributed by atoms with Gasteiger partial charge >= 0.3 is 0 Å². The second-order valence-corrected chi connectivity index (χ2v) is 6.20. The van der Waals surface area contributed by atoms with Crippen LogP contribution >= 0.6 is 23.2 Å². The molecule has 1 nitrogen and oxygen atoms in total. The number of nitrogens with two attached hydrogens (primary N) is 1. The van der Waals surface area contributed by atoms with E-state index in [4.69, 9.17) is 28.9 Å². The Kier molecular flexibility index (Phi) is 4.29. The quantitative estimate of drug-likeness (QED) is 0.761. The molecule has 0 saturated carbocycles. The second kappa shape index (κ2) is 5.56. The summed E-state index contributed by atoms with van der Waals surface area (Å²) in [7, 11) is 0.